The topological polar surface area (TPSA) is 71.5 Å². The maximum atomic E-state index is 14.0. The summed E-state index contributed by atoms with van der Waals surface area (Å²) < 4.78 is 14.0. The average molecular weight is 305 g/mol. The van der Waals surface area contributed by atoms with Gasteiger partial charge >= 0.3 is 0 Å². The minimum absolute atomic E-state index is 0.107. The fourth-order valence-electron chi connectivity index (χ4n) is 1.91. The number of aromatic nitrogens is 1. The van der Waals surface area contributed by atoms with Gasteiger partial charge < -0.3 is 10.9 Å². The normalized spacial score (nSPS) is 11.7. The maximum absolute atomic E-state index is 14.0. The van der Waals surface area contributed by atoms with Crippen molar-refractivity contribution in [1.82, 2.24) is 4.98 Å². The van der Waals surface area contributed by atoms with E-state index in [9.17, 15) is 4.39 Å². The molecule has 0 unspecified atom stereocenters. The zero-order valence-electron chi connectivity index (χ0n) is 11.8. The van der Waals surface area contributed by atoms with E-state index in [1.807, 2.05) is 26.0 Å². The molecule has 1 aromatic carbocycles. The molecule has 1 aromatic heterocycles. The van der Waals surface area contributed by atoms with Crippen LogP contribution in [0.3, 0.4) is 0 Å². The molecule has 4 nitrogen and oxygen atoms in total. The van der Waals surface area contributed by atoms with E-state index in [2.05, 4.69) is 10.1 Å². The van der Waals surface area contributed by atoms with Gasteiger partial charge in [0.1, 0.15) is 5.82 Å². The van der Waals surface area contributed by atoms with Crippen molar-refractivity contribution in [2.24, 2.45) is 10.9 Å². The van der Waals surface area contributed by atoms with Crippen LogP contribution in [0.15, 0.2) is 40.5 Å². The lowest BCUT2D eigenvalue weighted by atomic mass is 10.1. The van der Waals surface area contributed by atoms with Gasteiger partial charge in [0.2, 0.25) is 0 Å². The van der Waals surface area contributed by atoms with Crippen molar-refractivity contribution in [3.8, 4) is 0 Å². The molecule has 0 amide bonds. The molecule has 0 aliphatic heterocycles. The maximum Gasteiger partial charge on any atom is 0.170 e. The second-order valence-electron chi connectivity index (χ2n) is 4.70. The minimum Gasteiger partial charge on any atom is -0.409 e. The number of hydrogen-bond donors (Lipinski definition) is 2. The van der Waals surface area contributed by atoms with Crippen molar-refractivity contribution in [1.29, 1.82) is 0 Å². The summed E-state index contributed by atoms with van der Waals surface area (Å²) in [7, 11) is 0. The van der Waals surface area contributed by atoms with Crippen LogP contribution in [0, 0.1) is 19.7 Å². The lowest BCUT2D eigenvalue weighted by Gasteiger charge is -2.06. The smallest absolute Gasteiger partial charge is 0.170 e. The van der Waals surface area contributed by atoms with E-state index < -0.39 is 0 Å². The Balaban J connectivity index is 2.13. The minimum atomic E-state index is -0.379. The van der Waals surface area contributed by atoms with Crippen LogP contribution < -0.4 is 5.73 Å². The van der Waals surface area contributed by atoms with Crippen LogP contribution in [0.5, 0.6) is 0 Å². The largest absolute Gasteiger partial charge is 0.409 e. The van der Waals surface area contributed by atoms with E-state index in [0.29, 0.717) is 16.9 Å². The molecule has 1 heterocycles. The van der Waals surface area contributed by atoms with Crippen LogP contribution in [0.25, 0.3) is 0 Å². The Morgan fingerprint density at radius 3 is 2.71 bits per heavy atom. The number of nitrogens with two attached hydrogens (primary N) is 1. The van der Waals surface area contributed by atoms with Crippen LogP contribution in [0.2, 0.25) is 0 Å². The summed E-state index contributed by atoms with van der Waals surface area (Å²) in [4.78, 5) is 4.41. The Bertz CT molecular complexity index is 668. The molecule has 2 rings (SSSR count). The van der Waals surface area contributed by atoms with Gasteiger partial charge in [-0.15, -0.1) is 11.8 Å². The van der Waals surface area contributed by atoms with Gasteiger partial charge in [0.15, 0.2) is 5.84 Å². The number of hydrogen-bond acceptors (Lipinski definition) is 4. The van der Waals surface area contributed by atoms with Crippen LogP contribution >= 0.6 is 11.8 Å². The van der Waals surface area contributed by atoms with Gasteiger partial charge in [-0.3, -0.25) is 0 Å². The Morgan fingerprint density at radius 1 is 1.33 bits per heavy atom. The van der Waals surface area contributed by atoms with Crippen LogP contribution in [-0.4, -0.2) is 16.0 Å². The average Bonchev–Trinajstić information content (AvgIpc) is 2.44. The molecular formula is C15H16FN3OS. The molecule has 0 bridgehead atoms. The number of benzene rings is 1. The molecule has 6 heteroatoms. The second kappa shape index (κ2) is 6.58. The first-order chi connectivity index (χ1) is 9.99. The van der Waals surface area contributed by atoms with E-state index in [4.69, 9.17) is 10.9 Å². The lowest BCUT2D eigenvalue weighted by molar-refractivity contribution is 0.318. The van der Waals surface area contributed by atoms with Crippen molar-refractivity contribution in [3.05, 3.63) is 58.5 Å². The van der Waals surface area contributed by atoms with Gasteiger partial charge in [-0.05, 0) is 43.2 Å². The summed E-state index contributed by atoms with van der Waals surface area (Å²) >= 11 is 1.47. The molecule has 0 atom stereocenters. The quantitative estimate of drug-likeness (QED) is 0.299. The third-order valence-electron chi connectivity index (χ3n) is 2.91. The van der Waals surface area contributed by atoms with Gasteiger partial charge in [0.05, 0.1) is 5.03 Å². The fraction of sp³-hybridized carbons (Fsp3) is 0.200. The number of oxime groups is 1. The van der Waals surface area contributed by atoms with Crippen molar-refractivity contribution >= 4 is 17.6 Å². The molecule has 0 spiro atoms. The van der Waals surface area contributed by atoms with E-state index in [-0.39, 0.29) is 11.7 Å². The van der Waals surface area contributed by atoms with Crippen molar-refractivity contribution in [2.45, 2.75) is 24.6 Å². The van der Waals surface area contributed by atoms with Gasteiger partial charge in [0, 0.05) is 17.0 Å². The molecular weight excluding hydrogens is 289 g/mol. The number of nitrogens with zero attached hydrogens (tertiary/aromatic N) is 2. The van der Waals surface area contributed by atoms with Crippen molar-refractivity contribution < 1.29 is 9.60 Å². The molecule has 0 aliphatic rings. The molecule has 2 aromatic rings. The summed E-state index contributed by atoms with van der Waals surface area (Å²) in [5, 5.41) is 12.3. The van der Waals surface area contributed by atoms with Crippen LogP contribution in [0.4, 0.5) is 4.39 Å². The predicted octanol–water partition coefficient (Wildman–Crippen LogP) is 3.22. The zero-order chi connectivity index (χ0) is 15.4. The highest BCUT2D eigenvalue weighted by Gasteiger charge is 2.08. The fourth-order valence-corrected chi connectivity index (χ4v) is 2.93. The SMILES string of the molecule is Cc1cc(C)nc(SCc2ccc(/C(N)=N/O)cc2F)c1. The third-order valence-corrected chi connectivity index (χ3v) is 3.87. The summed E-state index contributed by atoms with van der Waals surface area (Å²) in [5.74, 6) is -0.0156. The van der Waals surface area contributed by atoms with E-state index >= 15 is 0 Å². The number of pyridine rings is 1. The monoisotopic (exact) mass is 305 g/mol. The Hall–Kier alpha value is -2.08. The van der Waals surface area contributed by atoms with Crippen LogP contribution in [-0.2, 0) is 5.75 Å². The number of thioether (sulfide) groups is 1. The third kappa shape index (κ3) is 3.95. The number of amidine groups is 1. The molecule has 0 aliphatic carbocycles. The lowest BCUT2D eigenvalue weighted by Crippen LogP contribution is -2.13. The molecule has 110 valence electrons. The summed E-state index contributed by atoms with van der Waals surface area (Å²) in [6.45, 7) is 3.94. The van der Waals surface area contributed by atoms with Crippen LogP contribution in [0.1, 0.15) is 22.4 Å². The first-order valence-electron chi connectivity index (χ1n) is 6.34. The van der Waals surface area contributed by atoms with E-state index in [1.54, 1.807) is 12.1 Å². The molecule has 21 heavy (non-hydrogen) atoms. The van der Waals surface area contributed by atoms with Gasteiger partial charge in [-0.1, -0.05) is 17.3 Å². The van der Waals surface area contributed by atoms with E-state index in [1.165, 1.54) is 17.8 Å². The number of halogens is 1. The Morgan fingerprint density at radius 2 is 2.10 bits per heavy atom. The standard InChI is InChI=1S/C15H16FN3OS/c1-9-5-10(2)18-14(6-9)21-8-12-4-3-11(7-13(12)16)15(17)19-20/h3-7,20H,8H2,1-2H3,(H2,17,19). The first kappa shape index (κ1) is 15.3. The highest BCUT2D eigenvalue weighted by atomic mass is 32.2. The molecule has 0 fully saturated rings. The zero-order valence-corrected chi connectivity index (χ0v) is 12.6. The summed E-state index contributed by atoms with van der Waals surface area (Å²) in [6, 6.07) is 8.50. The first-order valence-corrected chi connectivity index (χ1v) is 7.32. The molecule has 0 radical (unpaired) electrons. The Labute approximate surface area is 126 Å². The number of aryl methyl sites for hydroxylation is 2. The van der Waals surface area contributed by atoms with Crippen molar-refractivity contribution in [3.63, 3.8) is 0 Å². The molecule has 0 saturated heterocycles. The van der Waals surface area contributed by atoms with Gasteiger partial charge in [0.25, 0.3) is 0 Å². The van der Waals surface area contributed by atoms with Gasteiger partial charge in [-0.25, -0.2) is 9.37 Å². The summed E-state index contributed by atoms with van der Waals surface area (Å²) in [5.41, 5.74) is 8.41. The molecule has 3 N–H and O–H groups in total. The van der Waals surface area contributed by atoms with E-state index in [0.717, 1.165) is 16.3 Å². The summed E-state index contributed by atoms with van der Waals surface area (Å²) in [6.07, 6.45) is 0. The predicted molar refractivity (Wildman–Crippen MR) is 82.2 cm³/mol. The highest BCUT2D eigenvalue weighted by molar-refractivity contribution is 7.98. The van der Waals surface area contributed by atoms with Gasteiger partial charge in [-0.2, -0.15) is 0 Å². The van der Waals surface area contributed by atoms with Crippen molar-refractivity contribution in [2.75, 3.05) is 0 Å². The molecule has 0 saturated carbocycles. The Kier molecular flexibility index (Phi) is 4.80. The number of rotatable bonds is 4. The second-order valence-corrected chi connectivity index (χ2v) is 5.70. The highest BCUT2D eigenvalue weighted by Crippen LogP contribution is 2.24.